The van der Waals surface area contributed by atoms with E-state index in [9.17, 15) is 4.79 Å². The average molecular weight is 352 g/mol. The lowest BCUT2D eigenvalue weighted by Crippen LogP contribution is -2.44. The highest BCUT2D eigenvalue weighted by Crippen LogP contribution is 2.34. The van der Waals surface area contributed by atoms with Crippen molar-refractivity contribution < 1.29 is 9.53 Å². The average Bonchev–Trinajstić information content (AvgIpc) is 3.08. The van der Waals surface area contributed by atoms with E-state index in [0.29, 0.717) is 0 Å². The molecular formula is C18H29N3O2S. The van der Waals surface area contributed by atoms with Crippen LogP contribution in [0.4, 0.5) is 9.93 Å². The Kier molecular flexibility index (Phi) is 5.33. The Morgan fingerprint density at radius 2 is 1.71 bits per heavy atom. The van der Waals surface area contributed by atoms with E-state index >= 15 is 0 Å². The van der Waals surface area contributed by atoms with Crippen LogP contribution in [0, 0.1) is 11.8 Å². The molecule has 0 atom stereocenters. The number of hydrogen-bond donors (Lipinski definition) is 0. The van der Waals surface area contributed by atoms with E-state index in [2.05, 4.69) is 9.88 Å². The summed E-state index contributed by atoms with van der Waals surface area (Å²) < 4.78 is 5.49. The maximum Gasteiger partial charge on any atom is 0.410 e. The predicted octanol–water partition coefficient (Wildman–Crippen LogP) is 4.01. The molecule has 24 heavy (non-hydrogen) atoms. The molecule has 0 spiro atoms. The number of hydrogen-bond acceptors (Lipinski definition) is 5. The first-order valence-corrected chi connectivity index (χ1v) is 9.93. The fraction of sp³-hybridized carbons (Fsp3) is 0.778. The first-order valence-electron chi connectivity index (χ1n) is 9.05. The van der Waals surface area contributed by atoms with Gasteiger partial charge in [0.05, 0.1) is 0 Å². The van der Waals surface area contributed by atoms with Gasteiger partial charge >= 0.3 is 6.09 Å². The van der Waals surface area contributed by atoms with E-state index in [1.807, 2.05) is 37.2 Å². The fourth-order valence-corrected chi connectivity index (χ4v) is 4.51. The molecule has 134 valence electrons. The topological polar surface area (TPSA) is 45.7 Å². The van der Waals surface area contributed by atoms with Crippen molar-refractivity contribution in [3.05, 3.63) is 11.6 Å². The van der Waals surface area contributed by atoms with Crippen LogP contribution in [-0.2, 0) is 4.74 Å². The van der Waals surface area contributed by atoms with Crippen LogP contribution in [-0.4, -0.2) is 47.8 Å². The van der Waals surface area contributed by atoms with Crippen molar-refractivity contribution in [3.63, 3.8) is 0 Å². The van der Waals surface area contributed by atoms with Gasteiger partial charge in [-0.05, 0) is 58.3 Å². The summed E-state index contributed by atoms with van der Waals surface area (Å²) >= 11 is 1.73. The number of thiazole rings is 1. The van der Waals surface area contributed by atoms with Gasteiger partial charge in [0.2, 0.25) is 0 Å². The van der Waals surface area contributed by atoms with Gasteiger partial charge in [-0.2, -0.15) is 0 Å². The molecule has 0 saturated carbocycles. The lowest BCUT2D eigenvalue weighted by atomic mass is 9.79. The van der Waals surface area contributed by atoms with Crippen molar-refractivity contribution in [2.24, 2.45) is 11.8 Å². The number of amides is 1. The summed E-state index contributed by atoms with van der Waals surface area (Å²) in [7, 11) is 0. The molecule has 1 amide bonds. The summed E-state index contributed by atoms with van der Waals surface area (Å²) in [6, 6.07) is 0. The predicted molar refractivity (Wildman–Crippen MR) is 97.6 cm³/mol. The standard InChI is InChI=1S/C18H29N3O2S/c1-18(2,3)23-17(22)21-11-6-15(7-12-21)14-4-9-20(10-5-14)16-19-8-13-24-16/h8,13-15H,4-7,9-12H2,1-3H3. The zero-order valence-corrected chi connectivity index (χ0v) is 15.8. The maximum absolute atomic E-state index is 12.2. The Morgan fingerprint density at radius 1 is 1.12 bits per heavy atom. The van der Waals surface area contributed by atoms with Gasteiger partial charge in [0.25, 0.3) is 0 Å². The Labute approximate surface area is 149 Å². The summed E-state index contributed by atoms with van der Waals surface area (Å²) in [5.41, 5.74) is -0.406. The van der Waals surface area contributed by atoms with E-state index in [0.717, 1.165) is 56.0 Å². The number of nitrogens with zero attached hydrogens (tertiary/aromatic N) is 3. The van der Waals surface area contributed by atoms with Gasteiger partial charge in [0.1, 0.15) is 5.60 Å². The summed E-state index contributed by atoms with van der Waals surface area (Å²) in [5.74, 6) is 1.55. The van der Waals surface area contributed by atoms with Crippen LogP contribution < -0.4 is 4.90 Å². The third-order valence-corrected chi connectivity index (χ3v) is 5.92. The molecule has 3 heterocycles. The molecule has 0 radical (unpaired) electrons. The van der Waals surface area contributed by atoms with Crippen molar-refractivity contribution in [1.29, 1.82) is 0 Å². The lowest BCUT2D eigenvalue weighted by Gasteiger charge is -2.40. The highest BCUT2D eigenvalue weighted by atomic mass is 32.1. The minimum atomic E-state index is -0.406. The Morgan fingerprint density at radius 3 is 2.21 bits per heavy atom. The molecular weight excluding hydrogens is 322 g/mol. The first kappa shape index (κ1) is 17.5. The number of likely N-dealkylation sites (tertiary alicyclic amines) is 1. The van der Waals surface area contributed by atoms with Crippen molar-refractivity contribution in [3.8, 4) is 0 Å². The normalized spacial score (nSPS) is 21.1. The van der Waals surface area contributed by atoms with Crippen molar-refractivity contribution in [2.45, 2.75) is 52.1 Å². The van der Waals surface area contributed by atoms with Gasteiger partial charge in [-0.15, -0.1) is 11.3 Å². The van der Waals surface area contributed by atoms with Crippen molar-refractivity contribution in [2.75, 3.05) is 31.1 Å². The van der Waals surface area contributed by atoms with Gasteiger partial charge in [-0.3, -0.25) is 0 Å². The largest absolute Gasteiger partial charge is 0.444 e. The molecule has 2 saturated heterocycles. The lowest BCUT2D eigenvalue weighted by molar-refractivity contribution is 0.0152. The molecule has 6 heteroatoms. The van der Waals surface area contributed by atoms with Gasteiger partial charge in [-0.1, -0.05) is 0 Å². The molecule has 2 aliphatic heterocycles. The highest BCUT2D eigenvalue weighted by molar-refractivity contribution is 7.13. The number of anilines is 1. The molecule has 2 fully saturated rings. The number of rotatable bonds is 2. The summed E-state index contributed by atoms with van der Waals surface area (Å²) in [4.78, 5) is 20.9. The van der Waals surface area contributed by atoms with Gasteiger partial charge < -0.3 is 14.5 Å². The van der Waals surface area contributed by atoms with Crippen LogP contribution in [0.3, 0.4) is 0 Å². The van der Waals surface area contributed by atoms with E-state index in [1.54, 1.807) is 11.3 Å². The number of aromatic nitrogens is 1. The number of ether oxygens (including phenoxy) is 1. The van der Waals surface area contributed by atoms with Crippen molar-refractivity contribution >= 4 is 22.6 Å². The minimum Gasteiger partial charge on any atom is -0.444 e. The molecule has 0 N–H and O–H groups in total. The minimum absolute atomic E-state index is 0.153. The molecule has 0 aromatic carbocycles. The molecule has 1 aromatic rings. The van der Waals surface area contributed by atoms with E-state index in [-0.39, 0.29) is 6.09 Å². The van der Waals surface area contributed by atoms with E-state index in [4.69, 9.17) is 4.74 Å². The zero-order chi connectivity index (χ0) is 17.2. The van der Waals surface area contributed by atoms with Crippen LogP contribution in [0.15, 0.2) is 11.6 Å². The summed E-state index contributed by atoms with van der Waals surface area (Å²) in [6.45, 7) is 9.68. The Balaban J connectivity index is 1.43. The zero-order valence-electron chi connectivity index (χ0n) is 15.0. The number of carbonyl (C=O) groups excluding carboxylic acids is 1. The summed E-state index contributed by atoms with van der Waals surface area (Å²) in [5, 5.41) is 3.21. The second-order valence-corrected chi connectivity index (χ2v) is 8.82. The maximum atomic E-state index is 12.2. The molecule has 0 unspecified atom stereocenters. The third kappa shape index (κ3) is 4.41. The monoisotopic (exact) mass is 351 g/mol. The summed E-state index contributed by atoms with van der Waals surface area (Å²) in [6.07, 6.45) is 6.45. The second kappa shape index (κ2) is 7.30. The fourth-order valence-electron chi connectivity index (χ4n) is 3.81. The Bertz CT molecular complexity index is 525. The van der Waals surface area contributed by atoms with Crippen LogP contribution in [0.25, 0.3) is 0 Å². The molecule has 3 rings (SSSR count). The quantitative estimate of drug-likeness (QED) is 0.808. The third-order valence-electron chi connectivity index (χ3n) is 5.09. The number of piperidine rings is 2. The van der Waals surface area contributed by atoms with Crippen LogP contribution >= 0.6 is 11.3 Å². The SMILES string of the molecule is CC(C)(C)OC(=O)N1CCC(C2CCN(c3nccs3)CC2)CC1. The number of carbonyl (C=O) groups is 1. The van der Waals surface area contributed by atoms with Crippen LogP contribution in [0.5, 0.6) is 0 Å². The first-order chi connectivity index (χ1) is 11.4. The Hall–Kier alpha value is -1.30. The molecule has 5 nitrogen and oxygen atoms in total. The van der Waals surface area contributed by atoms with Crippen molar-refractivity contribution in [1.82, 2.24) is 9.88 Å². The molecule has 0 bridgehead atoms. The highest BCUT2D eigenvalue weighted by Gasteiger charge is 2.32. The smallest absolute Gasteiger partial charge is 0.410 e. The van der Waals surface area contributed by atoms with Crippen LogP contribution in [0.2, 0.25) is 0 Å². The molecule has 0 aliphatic carbocycles. The second-order valence-electron chi connectivity index (χ2n) is 7.94. The van der Waals surface area contributed by atoms with Gasteiger partial charge in [-0.25, -0.2) is 9.78 Å². The molecule has 1 aromatic heterocycles. The van der Waals surface area contributed by atoms with E-state index < -0.39 is 5.60 Å². The van der Waals surface area contributed by atoms with Gasteiger partial charge in [0, 0.05) is 37.8 Å². The molecule has 2 aliphatic rings. The van der Waals surface area contributed by atoms with E-state index in [1.165, 1.54) is 12.8 Å². The van der Waals surface area contributed by atoms with Gasteiger partial charge in [0.15, 0.2) is 5.13 Å². The van der Waals surface area contributed by atoms with Crippen LogP contribution in [0.1, 0.15) is 46.5 Å².